The molecule has 1 atom stereocenters. The fourth-order valence-corrected chi connectivity index (χ4v) is 5.15. The summed E-state index contributed by atoms with van der Waals surface area (Å²) in [4.78, 5) is 17.3. The Balaban J connectivity index is 0.00000342. The largest absolute Gasteiger partial charge is 0.493 e. The molecule has 0 saturated carbocycles. The van der Waals surface area contributed by atoms with Crippen molar-refractivity contribution in [1.82, 2.24) is 9.80 Å². The van der Waals surface area contributed by atoms with Crippen LogP contribution < -0.4 is 18.9 Å². The number of likely N-dealkylation sites (N-methyl/N-ethyl adjacent to an activating group) is 1. The second-order valence-electron chi connectivity index (χ2n) is 9.21. The van der Waals surface area contributed by atoms with Gasteiger partial charge in [0.2, 0.25) is 5.91 Å². The highest BCUT2D eigenvalue weighted by Crippen LogP contribution is 2.42. The van der Waals surface area contributed by atoms with Gasteiger partial charge in [0.1, 0.15) is 0 Å². The lowest BCUT2D eigenvalue weighted by Crippen LogP contribution is -2.36. The highest BCUT2D eigenvalue weighted by molar-refractivity contribution is 7.59. The average molecular weight is 503 g/mol. The van der Waals surface area contributed by atoms with Crippen molar-refractivity contribution in [2.75, 3.05) is 61.7 Å². The normalized spacial score (nSPS) is 16.5. The Morgan fingerprint density at radius 1 is 0.886 bits per heavy atom. The molecule has 1 heterocycles. The lowest BCUT2D eigenvalue weighted by Gasteiger charge is -2.34. The number of hydrogen-bond donors (Lipinski definition) is 0. The quantitative estimate of drug-likeness (QED) is 0.496. The van der Waals surface area contributed by atoms with Crippen LogP contribution in [0.2, 0.25) is 0 Å². The molecule has 0 N–H and O–H groups in total. The van der Waals surface area contributed by atoms with E-state index in [2.05, 4.69) is 24.1 Å². The van der Waals surface area contributed by atoms with Gasteiger partial charge in [-0.2, -0.15) is 13.5 Å². The average Bonchev–Trinajstić information content (AvgIpc) is 2.98. The predicted molar refractivity (Wildman–Crippen MR) is 142 cm³/mol. The van der Waals surface area contributed by atoms with Gasteiger partial charge >= 0.3 is 0 Å². The number of fused-ring (bicyclic) bond motifs is 2. The molecule has 8 heteroatoms. The van der Waals surface area contributed by atoms with Gasteiger partial charge in [-0.05, 0) is 79.4 Å². The zero-order valence-electron chi connectivity index (χ0n) is 21.5. The molecule has 7 nitrogen and oxygen atoms in total. The van der Waals surface area contributed by atoms with Crippen LogP contribution in [0.5, 0.6) is 23.0 Å². The number of nitrogens with zero attached hydrogens (tertiary/aromatic N) is 2. The van der Waals surface area contributed by atoms with E-state index in [4.69, 9.17) is 18.9 Å². The summed E-state index contributed by atoms with van der Waals surface area (Å²) in [7, 11) is 8.79. The summed E-state index contributed by atoms with van der Waals surface area (Å²) < 4.78 is 21.7. The molecule has 1 amide bonds. The van der Waals surface area contributed by atoms with Crippen molar-refractivity contribution in [3.8, 4) is 23.0 Å². The number of rotatable bonds is 10. The molecular formula is C27H38N2O5S. The summed E-state index contributed by atoms with van der Waals surface area (Å²) in [5.41, 5.74) is 4.91. The van der Waals surface area contributed by atoms with E-state index < -0.39 is 0 Å². The monoisotopic (exact) mass is 502 g/mol. The maximum Gasteiger partial charge on any atom is 0.227 e. The van der Waals surface area contributed by atoms with Crippen molar-refractivity contribution in [3.05, 3.63) is 46.5 Å². The van der Waals surface area contributed by atoms with Crippen molar-refractivity contribution in [2.45, 2.75) is 31.6 Å². The van der Waals surface area contributed by atoms with Gasteiger partial charge in [-0.3, -0.25) is 4.79 Å². The molecule has 0 aromatic heterocycles. The minimum Gasteiger partial charge on any atom is -0.493 e. The summed E-state index contributed by atoms with van der Waals surface area (Å²) in [5, 5.41) is 0. The Morgan fingerprint density at radius 2 is 1.46 bits per heavy atom. The predicted octanol–water partition coefficient (Wildman–Crippen LogP) is 3.42. The maximum atomic E-state index is 12.9. The Bertz CT molecular complexity index is 1040. The van der Waals surface area contributed by atoms with Gasteiger partial charge in [0.05, 0.1) is 34.9 Å². The number of amides is 1. The minimum absolute atomic E-state index is 0. The van der Waals surface area contributed by atoms with E-state index in [1.807, 2.05) is 17.0 Å². The van der Waals surface area contributed by atoms with Crippen LogP contribution in [-0.4, -0.2) is 77.4 Å². The number of methoxy groups -OCH3 is 4. The first-order valence-corrected chi connectivity index (χ1v) is 11.9. The number of ether oxygens (including phenoxy) is 4. The number of hydrogen-bond acceptors (Lipinski definition) is 6. The zero-order chi connectivity index (χ0) is 24.2. The van der Waals surface area contributed by atoms with Crippen LogP contribution in [0, 0.1) is 0 Å². The number of carbonyl (C=O) groups excluding carboxylic acids is 1. The Hall–Kier alpha value is -2.58. The van der Waals surface area contributed by atoms with Gasteiger partial charge in [-0.1, -0.05) is 0 Å². The lowest BCUT2D eigenvalue weighted by molar-refractivity contribution is -0.130. The third-order valence-electron chi connectivity index (χ3n) is 7.10. The Morgan fingerprint density at radius 3 is 2.09 bits per heavy atom. The van der Waals surface area contributed by atoms with Crippen LogP contribution in [0.25, 0.3) is 0 Å². The molecule has 4 rings (SSSR count). The van der Waals surface area contributed by atoms with E-state index in [-0.39, 0.29) is 19.4 Å². The molecular weight excluding hydrogens is 464 g/mol. The molecule has 2 aliphatic rings. The topological polar surface area (TPSA) is 60.5 Å². The molecule has 0 fully saturated rings. The SMILES string of the molecule is COc1cc2c(cc1OC)CC(=O)N(CCCN(C)C[C@H]1Cc3cc(OC)c(OC)cc31)CC2.S. The van der Waals surface area contributed by atoms with Crippen LogP contribution in [-0.2, 0) is 24.1 Å². The molecule has 2 aromatic carbocycles. The zero-order valence-corrected chi connectivity index (χ0v) is 22.5. The van der Waals surface area contributed by atoms with E-state index >= 15 is 0 Å². The fourth-order valence-electron chi connectivity index (χ4n) is 5.15. The fraction of sp³-hybridized carbons (Fsp3) is 0.519. The lowest BCUT2D eigenvalue weighted by atomic mass is 9.77. The number of benzene rings is 2. The highest BCUT2D eigenvalue weighted by atomic mass is 32.1. The van der Waals surface area contributed by atoms with Crippen molar-refractivity contribution in [3.63, 3.8) is 0 Å². The first-order valence-electron chi connectivity index (χ1n) is 11.9. The van der Waals surface area contributed by atoms with E-state index in [0.29, 0.717) is 18.1 Å². The second-order valence-corrected chi connectivity index (χ2v) is 9.21. The van der Waals surface area contributed by atoms with E-state index in [1.54, 1.807) is 28.4 Å². The molecule has 0 bridgehead atoms. The number of carbonyl (C=O) groups is 1. The third kappa shape index (κ3) is 5.81. The van der Waals surface area contributed by atoms with Crippen molar-refractivity contribution in [1.29, 1.82) is 0 Å². The van der Waals surface area contributed by atoms with Crippen LogP contribution in [0.15, 0.2) is 24.3 Å². The summed E-state index contributed by atoms with van der Waals surface area (Å²) in [6.07, 6.45) is 3.27. The summed E-state index contributed by atoms with van der Waals surface area (Å²) >= 11 is 0. The van der Waals surface area contributed by atoms with Gasteiger partial charge in [0.15, 0.2) is 23.0 Å². The molecule has 1 aliphatic carbocycles. The van der Waals surface area contributed by atoms with Gasteiger partial charge < -0.3 is 28.7 Å². The molecule has 0 radical (unpaired) electrons. The van der Waals surface area contributed by atoms with Crippen LogP contribution in [0.4, 0.5) is 0 Å². The van der Waals surface area contributed by atoms with E-state index in [0.717, 1.165) is 68.3 Å². The molecule has 0 unspecified atom stereocenters. The Labute approximate surface area is 215 Å². The molecule has 0 spiro atoms. The molecule has 2 aromatic rings. The summed E-state index contributed by atoms with van der Waals surface area (Å²) in [5.74, 6) is 3.69. The first-order chi connectivity index (χ1) is 16.5. The molecule has 35 heavy (non-hydrogen) atoms. The highest BCUT2D eigenvalue weighted by Gasteiger charge is 2.29. The van der Waals surface area contributed by atoms with Crippen LogP contribution in [0.1, 0.15) is 34.6 Å². The Kier molecular flexibility index (Phi) is 9.19. The molecule has 0 saturated heterocycles. The summed E-state index contributed by atoms with van der Waals surface area (Å²) in [6.45, 7) is 3.47. The van der Waals surface area contributed by atoms with Gasteiger partial charge in [-0.25, -0.2) is 0 Å². The first kappa shape index (κ1) is 27.0. The van der Waals surface area contributed by atoms with E-state index in [1.165, 1.54) is 16.7 Å². The third-order valence-corrected chi connectivity index (χ3v) is 7.10. The van der Waals surface area contributed by atoms with E-state index in [9.17, 15) is 4.79 Å². The van der Waals surface area contributed by atoms with Gasteiger partial charge in [0.25, 0.3) is 0 Å². The molecule has 192 valence electrons. The minimum atomic E-state index is 0. The van der Waals surface area contributed by atoms with Crippen LogP contribution >= 0.6 is 13.5 Å². The standard InChI is InChI=1S/C27H36N2O5.H2S/c1-28(17-21-11-20-14-25(33-4)26(34-5)16-22(20)21)8-6-9-29-10-7-18-12-23(31-2)24(32-3)13-19(18)15-27(29)30;/h12-14,16,21H,6-11,15,17H2,1-5H3;1H2/t21-;/m1./s1. The van der Waals surface area contributed by atoms with Gasteiger partial charge in [-0.15, -0.1) is 0 Å². The van der Waals surface area contributed by atoms with Crippen molar-refractivity contribution >= 4 is 19.4 Å². The second kappa shape index (κ2) is 11.9. The smallest absolute Gasteiger partial charge is 0.227 e. The van der Waals surface area contributed by atoms with Gasteiger partial charge in [0, 0.05) is 25.6 Å². The maximum absolute atomic E-state index is 12.9. The van der Waals surface area contributed by atoms with Crippen molar-refractivity contribution < 1.29 is 23.7 Å². The summed E-state index contributed by atoms with van der Waals surface area (Å²) in [6, 6.07) is 8.18. The van der Waals surface area contributed by atoms with Crippen molar-refractivity contribution in [2.24, 2.45) is 0 Å². The molecule has 1 aliphatic heterocycles. The van der Waals surface area contributed by atoms with Crippen LogP contribution in [0.3, 0.4) is 0 Å².